The normalized spacial score (nSPS) is 12.2. The van der Waals surface area contributed by atoms with Crippen molar-refractivity contribution in [2.45, 2.75) is 206 Å². The Morgan fingerprint density at radius 2 is 0.750 bits per heavy atom. The first-order valence-electron chi connectivity index (χ1n) is 23.8. The molecule has 0 saturated carbocycles. The average molecular weight is 785 g/mol. The Kier molecular flexibility index (Phi) is 43.7. The lowest BCUT2D eigenvalue weighted by atomic mass is 10.1. The molecule has 0 rings (SSSR count). The Morgan fingerprint density at radius 3 is 1.12 bits per heavy atom. The number of carbonyl (C=O) groups excluding carboxylic acids is 2. The minimum atomic E-state index is -0.0543. The summed E-state index contributed by atoms with van der Waals surface area (Å²) in [6.45, 7) is 9.58. The maximum absolute atomic E-state index is 12.3. The molecule has 6 nitrogen and oxygen atoms in total. The van der Waals surface area contributed by atoms with E-state index in [4.69, 9.17) is 9.47 Å². The van der Waals surface area contributed by atoms with Gasteiger partial charge in [-0.3, -0.25) is 9.59 Å². The van der Waals surface area contributed by atoms with Crippen LogP contribution in [0.4, 0.5) is 0 Å². The predicted molar refractivity (Wildman–Crippen MR) is 243 cm³/mol. The van der Waals surface area contributed by atoms with Gasteiger partial charge in [-0.25, -0.2) is 0 Å². The van der Waals surface area contributed by atoms with Gasteiger partial charge in [-0.05, 0) is 130 Å². The molecule has 0 N–H and O–H groups in total. The van der Waals surface area contributed by atoms with E-state index in [9.17, 15) is 9.59 Å². The van der Waals surface area contributed by atoms with Crippen molar-refractivity contribution in [3.63, 3.8) is 0 Å². The zero-order valence-electron chi connectivity index (χ0n) is 37.6. The van der Waals surface area contributed by atoms with E-state index in [1.165, 1.54) is 116 Å². The number of rotatable bonds is 43. The highest BCUT2D eigenvalue weighted by molar-refractivity contribution is 5.69. The summed E-state index contributed by atoms with van der Waals surface area (Å²) in [6, 6.07) is 0. The first-order valence-corrected chi connectivity index (χ1v) is 23.8. The van der Waals surface area contributed by atoms with Crippen molar-refractivity contribution in [3.05, 3.63) is 48.6 Å². The Labute approximate surface area is 348 Å². The fourth-order valence-corrected chi connectivity index (χ4v) is 6.58. The van der Waals surface area contributed by atoms with Crippen LogP contribution in [0, 0.1) is 0 Å². The summed E-state index contributed by atoms with van der Waals surface area (Å²) < 4.78 is 11.0. The summed E-state index contributed by atoms with van der Waals surface area (Å²) in [4.78, 5) is 29.2. The molecule has 6 heteroatoms. The number of carbonyl (C=O) groups is 2. The number of allylic oxidation sites excluding steroid dienone is 8. The zero-order chi connectivity index (χ0) is 40.8. The van der Waals surface area contributed by atoms with Crippen LogP contribution in [0.15, 0.2) is 48.6 Å². The number of likely N-dealkylation sites (N-methyl/N-ethyl adjacent to an activating group) is 1. The van der Waals surface area contributed by atoms with E-state index >= 15 is 0 Å². The standard InChI is InChI=1S/C50H92N2O4/c1-5-7-9-11-13-15-17-19-21-23-25-27-29-31-33-39-47-55-49(53)41-35-37-43-52(46-45-51(3)4)44-38-36-42-50(54)56-48-40-34-32-30-28-26-24-22-20-18-16-14-12-10-8-6-2/h13-16,19-22H,5-12,17-18,23-48H2,1-4H3/b15-13-,16-14-,21-19-,22-20-. The number of esters is 2. The second-order valence-electron chi connectivity index (χ2n) is 16.2. The Hall–Kier alpha value is -2.18. The average Bonchev–Trinajstić information content (AvgIpc) is 3.19. The van der Waals surface area contributed by atoms with Gasteiger partial charge in [-0.2, -0.15) is 0 Å². The lowest BCUT2D eigenvalue weighted by molar-refractivity contribution is -0.144. The summed E-state index contributed by atoms with van der Waals surface area (Å²) in [7, 11) is 4.21. The van der Waals surface area contributed by atoms with E-state index in [1.807, 2.05) is 0 Å². The van der Waals surface area contributed by atoms with Crippen LogP contribution >= 0.6 is 0 Å². The van der Waals surface area contributed by atoms with Crippen LogP contribution in [0.3, 0.4) is 0 Å². The second-order valence-corrected chi connectivity index (χ2v) is 16.2. The molecular weight excluding hydrogens is 693 g/mol. The fraction of sp³-hybridized carbons (Fsp3) is 0.800. The maximum Gasteiger partial charge on any atom is 0.305 e. The Bertz CT molecular complexity index is 887. The van der Waals surface area contributed by atoms with Gasteiger partial charge in [-0.1, -0.05) is 140 Å². The van der Waals surface area contributed by atoms with Gasteiger partial charge in [-0.15, -0.1) is 0 Å². The van der Waals surface area contributed by atoms with Crippen molar-refractivity contribution < 1.29 is 19.1 Å². The molecule has 0 aromatic rings. The highest BCUT2D eigenvalue weighted by Gasteiger charge is 2.09. The van der Waals surface area contributed by atoms with Crippen molar-refractivity contribution in [2.24, 2.45) is 0 Å². The third-order valence-electron chi connectivity index (χ3n) is 10.3. The number of hydrogen-bond acceptors (Lipinski definition) is 6. The topological polar surface area (TPSA) is 59.1 Å². The molecule has 0 spiro atoms. The molecule has 0 bridgehead atoms. The van der Waals surface area contributed by atoms with Gasteiger partial charge in [0.05, 0.1) is 13.2 Å². The van der Waals surface area contributed by atoms with E-state index in [0.717, 1.165) is 90.4 Å². The first kappa shape index (κ1) is 53.8. The third-order valence-corrected chi connectivity index (χ3v) is 10.3. The van der Waals surface area contributed by atoms with Gasteiger partial charge in [0, 0.05) is 25.9 Å². The van der Waals surface area contributed by atoms with Crippen LogP contribution in [-0.2, 0) is 19.1 Å². The predicted octanol–water partition coefficient (Wildman–Crippen LogP) is 13.9. The van der Waals surface area contributed by atoms with Crippen LogP contribution in [-0.4, -0.2) is 75.2 Å². The minimum Gasteiger partial charge on any atom is -0.466 e. The van der Waals surface area contributed by atoms with Crippen molar-refractivity contribution in [3.8, 4) is 0 Å². The minimum absolute atomic E-state index is 0.0543. The van der Waals surface area contributed by atoms with E-state index in [0.29, 0.717) is 26.1 Å². The van der Waals surface area contributed by atoms with E-state index in [2.05, 4.69) is 86.4 Å². The zero-order valence-corrected chi connectivity index (χ0v) is 37.6. The van der Waals surface area contributed by atoms with Crippen molar-refractivity contribution >= 4 is 11.9 Å². The molecular formula is C50H92N2O4. The largest absolute Gasteiger partial charge is 0.466 e. The quantitative estimate of drug-likeness (QED) is 0.0349. The molecule has 0 fully saturated rings. The molecule has 326 valence electrons. The maximum atomic E-state index is 12.3. The molecule has 0 aliphatic rings. The van der Waals surface area contributed by atoms with Crippen molar-refractivity contribution in [1.82, 2.24) is 9.80 Å². The van der Waals surface area contributed by atoms with E-state index in [1.54, 1.807) is 0 Å². The highest BCUT2D eigenvalue weighted by atomic mass is 16.5. The number of unbranched alkanes of at least 4 members (excludes halogenated alkanes) is 20. The first-order chi connectivity index (χ1) is 27.5. The third kappa shape index (κ3) is 44.5. The Morgan fingerprint density at radius 1 is 0.393 bits per heavy atom. The number of ether oxygens (including phenoxy) is 2. The summed E-state index contributed by atoms with van der Waals surface area (Å²) >= 11 is 0. The van der Waals surface area contributed by atoms with Gasteiger partial charge in [0.25, 0.3) is 0 Å². The van der Waals surface area contributed by atoms with Crippen LogP contribution in [0.2, 0.25) is 0 Å². The van der Waals surface area contributed by atoms with E-state index < -0.39 is 0 Å². The molecule has 0 heterocycles. The van der Waals surface area contributed by atoms with Crippen LogP contribution in [0.1, 0.15) is 206 Å². The molecule has 0 aliphatic carbocycles. The van der Waals surface area contributed by atoms with Crippen LogP contribution < -0.4 is 0 Å². The molecule has 0 radical (unpaired) electrons. The molecule has 0 atom stereocenters. The van der Waals surface area contributed by atoms with Crippen LogP contribution in [0.25, 0.3) is 0 Å². The molecule has 0 aliphatic heterocycles. The second kappa shape index (κ2) is 45.5. The van der Waals surface area contributed by atoms with E-state index in [-0.39, 0.29) is 11.9 Å². The number of nitrogens with zero attached hydrogens (tertiary/aromatic N) is 2. The van der Waals surface area contributed by atoms with Gasteiger partial charge < -0.3 is 19.3 Å². The summed E-state index contributed by atoms with van der Waals surface area (Å²) in [5.41, 5.74) is 0. The highest BCUT2D eigenvalue weighted by Crippen LogP contribution is 2.11. The molecule has 0 amide bonds. The number of hydrogen-bond donors (Lipinski definition) is 0. The summed E-state index contributed by atoms with van der Waals surface area (Å²) in [6.07, 6.45) is 52.4. The van der Waals surface area contributed by atoms with Gasteiger partial charge in [0.15, 0.2) is 0 Å². The smallest absolute Gasteiger partial charge is 0.305 e. The van der Waals surface area contributed by atoms with Crippen LogP contribution in [0.5, 0.6) is 0 Å². The lowest BCUT2D eigenvalue weighted by Gasteiger charge is -2.24. The molecule has 0 saturated heterocycles. The SMILES string of the molecule is CCCCC/C=C\C/C=C\CCCCCCCCOC(=O)CCCCN(CCCCC(=O)OCCCCCCCC/C=C\C/C=C\CCCCC)CCN(C)C. The van der Waals surface area contributed by atoms with Crippen molar-refractivity contribution in [2.75, 3.05) is 53.5 Å². The molecule has 0 aromatic heterocycles. The summed E-state index contributed by atoms with van der Waals surface area (Å²) in [5, 5.41) is 0. The van der Waals surface area contributed by atoms with Gasteiger partial charge in [0.1, 0.15) is 0 Å². The lowest BCUT2D eigenvalue weighted by Crippen LogP contribution is -2.33. The van der Waals surface area contributed by atoms with Gasteiger partial charge in [0.2, 0.25) is 0 Å². The van der Waals surface area contributed by atoms with Crippen molar-refractivity contribution in [1.29, 1.82) is 0 Å². The monoisotopic (exact) mass is 785 g/mol. The molecule has 0 aromatic carbocycles. The van der Waals surface area contributed by atoms with Gasteiger partial charge >= 0.3 is 11.9 Å². The summed E-state index contributed by atoms with van der Waals surface area (Å²) in [5.74, 6) is -0.109. The molecule has 56 heavy (non-hydrogen) atoms. The Balaban J connectivity index is 3.76. The fourth-order valence-electron chi connectivity index (χ4n) is 6.58. The molecule has 0 unspecified atom stereocenters.